The number of rotatable bonds is 19. The third-order valence-electron chi connectivity index (χ3n) is 19.5. The number of amides is 1. The van der Waals surface area contributed by atoms with Gasteiger partial charge < -0.3 is 48.6 Å². The minimum absolute atomic E-state index is 0.0838. The zero-order chi connectivity index (χ0) is 63.3. The van der Waals surface area contributed by atoms with Crippen molar-refractivity contribution < 1.29 is 63.5 Å². The van der Waals surface area contributed by atoms with Crippen LogP contribution in [0.1, 0.15) is 169 Å². The van der Waals surface area contributed by atoms with E-state index in [4.69, 9.17) is 33.5 Å². The number of unbranched alkanes of at least 4 members (excludes halogenated alkanes) is 3. The van der Waals surface area contributed by atoms with Crippen LogP contribution in [-0.4, -0.2) is 182 Å². The molecular formula is C67H111N4O13P. The second kappa shape index (κ2) is 29.5. The number of cyclic esters (lactones) is 1. The first-order valence-electron chi connectivity index (χ1n) is 31.7. The minimum atomic E-state index is -2.66. The Kier molecular flexibility index (Phi) is 24.5. The van der Waals surface area contributed by atoms with Crippen LogP contribution in [0.25, 0.3) is 0 Å². The number of hydrogen-bond donors (Lipinski definition) is 5. The maximum atomic E-state index is 15.0. The van der Waals surface area contributed by atoms with Gasteiger partial charge in [-0.3, -0.25) is 4.79 Å². The van der Waals surface area contributed by atoms with E-state index in [-0.39, 0.29) is 62.9 Å². The van der Waals surface area contributed by atoms with Gasteiger partial charge in [0.05, 0.1) is 36.4 Å². The predicted molar refractivity (Wildman–Crippen MR) is 337 cm³/mol. The molecule has 0 saturated carbocycles. The average molecular weight is 1210 g/mol. The Morgan fingerprint density at radius 1 is 0.835 bits per heavy atom. The summed E-state index contributed by atoms with van der Waals surface area (Å²) in [5.41, 5.74) is 0.214. The van der Waals surface area contributed by atoms with Crippen molar-refractivity contribution in [2.45, 2.75) is 259 Å². The molecule has 18 heteroatoms. The number of aliphatic hydroxyl groups excluding tert-OH is 3. The summed E-state index contributed by atoms with van der Waals surface area (Å²) in [7, 11) is 2.64. The maximum absolute atomic E-state index is 15.0. The molecule has 4 heterocycles. The number of esters is 1. The fourth-order valence-corrected chi connectivity index (χ4v) is 19.6. The van der Waals surface area contributed by atoms with E-state index in [0.29, 0.717) is 12.8 Å². The number of benzene rings is 2. The van der Waals surface area contributed by atoms with Crippen LogP contribution < -0.4 is 15.9 Å². The van der Waals surface area contributed by atoms with E-state index in [1.54, 1.807) is 46.4 Å². The number of nitrogens with zero attached hydrogens (tertiary/aromatic N) is 4. The van der Waals surface area contributed by atoms with Crippen molar-refractivity contribution in [2.24, 2.45) is 23.7 Å². The average Bonchev–Trinajstić information content (AvgIpc) is 2.08. The molecule has 5 N–H and O–H groups in total. The number of carbonyl (C=O) groups is 2. The van der Waals surface area contributed by atoms with Gasteiger partial charge in [0.25, 0.3) is 0 Å². The molecule has 3 aliphatic rings. The summed E-state index contributed by atoms with van der Waals surface area (Å²) >= 11 is 0. The molecule has 0 spiro atoms. The van der Waals surface area contributed by atoms with Gasteiger partial charge in [-0.2, -0.15) is 0 Å². The van der Waals surface area contributed by atoms with Gasteiger partial charge in [-0.15, -0.1) is 0 Å². The van der Waals surface area contributed by atoms with Gasteiger partial charge in [-0.1, -0.05) is 20.8 Å². The second-order valence-electron chi connectivity index (χ2n) is 27.5. The fourth-order valence-electron chi connectivity index (χ4n) is 14.4. The third kappa shape index (κ3) is 16.5. The van der Waals surface area contributed by atoms with Crippen molar-refractivity contribution in [3.63, 3.8) is 0 Å². The Hall–Kier alpha value is -3.42. The zero-order valence-electron chi connectivity index (χ0n) is 55.1. The number of ether oxygens (including phenoxy) is 6. The quantitative estimate of drug-likeness (QED) is 0.0441. The normalized spacial score (nSPS) is 35.2. The topological polar surface area (TPSA) is 215 Å². The second-order valence-corrected chi connectivity index (χ2v) is 31.6. The molecule has 3 aromatic rings. The summed E-state index contributed by atoms with van der Waals surface area (Å²) < 4.78 is 40.2. The molecule has 0 radical (unpaired) electrons. The van der Waals surface area contributed by atoms with E-state index in [1.165, 1.54) is 52.2 Å². The van der Waals surface area contributed by atoms with Gasteiger partial charge >= 0.3 is 291 Å². The van der Waals surface area contributed by atoms with E-state index in [0.717, 1.165) is 25.4 Å². The van der Waals surface area contributed by atoms with Crippen LogP contribution in [0.4, 0.5) is 0 Å². The molecule has 3 aliphatic heterocycles. The predicted octanol–water partition coefficient (Wildman–Crippen LogP) is 7.73. The van der Waals surface area contributed by atoms with E-state index in [2.05, 4.69) is 95.0 Å². The van der Waals surface area contributed by atoms with Crippen molar-refractivity contribution in [3.05, 3.63) is 71.0 Å². The number of methoxy groups -OCH3 is 1. The number of likely N-dealkylation sites (N-methyl/N-ethyl adjacent to an activating group) is 1. The fraction of sp³-hybridized carbons (Fsp3) is 0.746. The molecule has 18 atom stereocenters. The zero-order valence-corrected chi connectivity index (χ0v) is 56.1. The third-order valence-corrected chi connectivity index (χ3v) is 24.3. The molecule has 0 aliphatic carbocycles. The van der Waals surface area contributed by atoms with Crippen LogP contribution in [-0.2, 0) is 38.0 Å². The molecule has 0 bridgehead atoms. The summed E-state index contributed by atoms with van der Waals surface area (Å²) in [4.78, 5) is 33.3. The Bertz CT molecular complexity index is 2560. The van der Waals surface area contributed by atoms with E-state index >= 15 is 0 Å². The number of hydrogen-bond acceptors (Lipinski definition) is 15. The van der Waals surface area contributed by atoms with Crippen LogP contribution in [0.5, 0.6) is 0 Å². The molecule has 482 valence electrons. The van der Waals surface area contributed by atoms with Gasteiger partial charge in [-0.25, -0.2) is 0 Å². The summed E-state index contributed by atoms with van der Waals surface area (Å²) in [6, 6.07) is 12.9. The van der Waals surface area contributed by atoms with Gasteiger partial charge in [0.15, 0.2) is 12.6 Å². The van der Waals surface area contributed by atoms with Crippen molar-refractivity contribution in [3.8, 4) is 0 Å². The summed E-state index contributed by atoms with van der Waals surface area (Å²) in [6.07, 6.45) is 0.747. The first-order valence-corrected chi connectivity index (χ1v) is 33.9. The molecular weight excluding hydrogens is 1100 g/mol. The Morgan fingerprint density at radius 3 is 1.96 bits per heavy atom. The first kappa shape index (κ1) is 70.7. The molecule has 2 aromatic carbocycles. The molecule has 0 unspecified atom stereocenters. The molecule has 17 nitrogen and oxygen atoms in total. The van der Waals surface area contributed by atoms with E-state index in [9.17, 15) is 35.1 Å². The Labute approximate surface area is 510 Å². The molecule has 1 amide bonds. The van der Waals surface area contributed by atoms with Gasteiger partial charge in [0, 0.05) is 25.5 Å². The summed E-state index contributed by atoms with van der Waals surface area (Å²) in [5, 5.41) is 69.8. The molecule has 3 fully saturated rings. The van der Waals surface area contributed by atoms with E-state index < -0.39 is 109 Å². The summed E-state index contributed by atoms with van der Waals surface area (Å²) in [5.74, 6) is -3.72. The molecule has 1 aromatic heterocycles. The molecule has 6 rings (SSSR count). The van der Waals surface area contributed by atoms with Crippen molar-refractivity contribution in [1.82, 2.24) is 19.6 Å². The first-order chi connectivity index (χ1) is 39.7. The molecule has 3 saturated heterocycles. The van der Waals surface area contributed by atoms with E-state index in [1.807, 2.05) is 39.8 Å². The van der Waals surface area contributed by atoms with Crippen LogP contribution in [0.15, 0.2) is 48.8 Å². The Morgan fingerprint density at radius 2 is 1.42 bits per heavy atom. The Balaban J connectivity index is 1.31. The van der Waals surface area contributed by atoms with Crippen LogP contribution >= 0.6 is 7.26 Å². The number of aryl methyl sites for hydroxylation is 4. The number of aliphatic hydroxyl groups is 5. The van der Waals surface area contributed by atoms with Gasteiger partial charge in [0.2, 0.25) is 0 Å². The molecule has 85 heavy (non-hydrogen) atoms. The number of aromatic nitrogens is 2. The van der Waals surface area contributed by atoms with Crippen molar-refractivity contribution in [2.75, 3.05) is 40.5 Å². The van der Waals surface area contributed by atoms with Crippen molar-refractivity contribution >= 4 is 35.1 Å². The SMILES string of the molecule is CC[C@H]1OC(=O)[C@H](C)[C@@H](CO[C@H]2C[C@@](C)(OC)[C@@H](O)[C@H](C)O2)[C@H](C)[C@@H](O[C@@H]2O[C@H](C)C[C@H](N(C)C)[C@H]2O)[C@](C)(O)C[C@@H](C)CN(C(=O)CCCCCC[PH](c2cc(C)cc(C)c2)(c2cc(C)cc(C)c2)c2cnn(C(C)C)c2)[C@H](C)[C@@H](O)[C@]1(C)O. The van der Waals surface area contributed by atoms with Crippen molar-refractivity contribution in [1.29, 1.82) is 0 Å². The summed E-state index contributed by atoms with van der Waals surface area (Å²) in [6.45, 7) is 30.6. The standard InChI is InChI=1S/C67H111N4O13P/c1-20-56-67(16,78)60(74)49(12)70(57(72)25-23-21-22-24-26-85(51-29-41(4)27-42(5)30-51,52-31-43(6)28-44(7)32-52)53-36-68-71(38-53)40(2)3)37-45(8)34-65(14,77)62(84-64-59(73)55(69(17)18)33-46(9)81-64)47(10)54(48(11)63(76)83-56)39-80-58-35-66(15,79-19)61(75)50(13)82-58/h27-32,36,38,40,45-50,54-56,58-62,64,73-75,77-78,85H,20-26,33-35,37,39H2,1-19H3/t45-,46-,47+,48-,49-,50+,54+,55+,56-,58-,59-,60-,61+,62-,64+,65-,66-,67-/m1/s1. The van der Waals surface area contributed by atoms with Crippen LogP contribution in [0.2, 0.25) is 0 Å². The van der Waals surface area contributed by atoms with Gasteiger partial charge in [-0.05, 0) is 60.5 Å². The number of carbonyl (C=O) groups excluding carboxylic acids is 2. The van der Waals surface area contributed by atoms with Crippen LogP contribution in [0, 0.1) is 51.4 Å². The monoisotopic (exact) mass is 1210 g/mol. The van der Waals surface area contributed by atoms with Crippen LogP contribution in [0.3, 0.4) is 0 Å². The van der Waals surface area contributed by atoms with Gasteiger partial charge in [0.1, 0.15) is 12.2 Å².